The van der Waals surface area contributed by atoms with E-state index < -0.39 is 0 Å². The molecule has 0 N–H and O–H groups in total. The van der Waals surface area contributed by atoms with Crippen LogP contribution in [0.5, 0.6) is 34.5 Å². The first-order valence-electron chi connectivity index (χ1n) is 24.3. The average molecular weight is 873 g/mol. The molecule has 6 heteroatoms. The number of methoxy groups -OCH3 is 3. The van der Waals surface area contributed by atoms with Gasteiger partial charge >= 0.3 is 0 Å². The molecule has 0 saturated carbocycles. The number of unbranched alkanes of at least 4 members (excludes halogenated alkanes) is 3. The molecule has 3 unspecified atom stereocenters. The molecule has 4 aromatic rings. The first kappa shape index (κ1) is 51.5. The van der Waals surface area contributed by atoms with Crippen LogP contribution in [0.15, 0.2) is 66.7 Å². The molecule has 0 heterocycles. The van der Waals surface area contributed by atoms with Crippen molar-refractivity contribution in [2.45, 2.75) is 126 Å². The van der Waals surface area contributed by atoms with Crippen molar-refractivity contribution in [3.8, 4) is 34.5 Å². The average Bonchev–Trinajstić information content (AvgIpc) is 3.32. The minimum atomic E-state index is 0.461. The third-order valence-corrected chi connectivity index (χ3v) is 12.4. The molecule has 6 nitrogen and oxygen atoms in total. The molecular formula is C58H80O6. The van der Waals surface area contributed by atoms with E-state index in [0.29, 0.717) is 37.6 Å². The molecule has 0 aliphatic rings. The molecule has 0 spiro atoms. The van der Waals surface area contributed by atoms with Gasteiger partial charge in [-0.15, -0.1) is 0 Å². The van der Waals surface area contributed by atoms with Gasteiger partial charge in [-0.2, -0.15) is 0 Å². The van der Waals surface area contributed by atoms with E-state index in [2.05, 4.69) is 133 Å². The van der Waals surface area contributed by atoms with Gasteiger partial charge in [0.2, 0.25) is 0 Å². The van der Waals surface area contributed by atoms with Crippen molar-refractivity contribution in [2.75, 3.05) is 41.2 Å². The van der Waals surface area contributed by atoms with Crippen LogP contribution in [0.2, 0.25) is 0 Å². The summed E-state index contributed by atoms with van der Waals surface area (Å²) in [5.41, 5.74) is 7.04. The number of rotatable bonds is 30. The van der Waals surface area contributed by atoms with E-state index in [1.807, 2.05) is 18.2 Å². The molecule has 0 aliphatic heterocycles. The van der Waals surface area contributed by atoms with Crippen molar-refractivity contribution >= 4 is 36.5 Å². The highest BCUT2D eigenvalue weighted by Crippen LogP contribution is 2.37. The summed E-state index contributed by atoms with van der Waals surface area (Å²) in [5.74, 6) is 6.22. The third-order valence-electron chi connectivity index (χ3n) is 12.4. The van der Waals surface area contributed by atoms with Gasteiger partial charge in [0.15, 0.2) is 0 Å². The van der Waals surface area contributed by atoms with Crippen LogP contribution < -0.4 is 28.4 Å². The maximum Gasteiger partial charge on any atom is 0.127 e. The molecule has 4 aromatic carbocycles. The lowest BCUT2D eigenvalue weighted by molar-refractivity contribution is 0.232. The summed E-state index contributed by atoms with van der Waals surface area (Å²) < 4.78 is 37.7. The Morgan fingerprint density at radius 3 is 1.17 bits per heavy atom. The van der Waals surface area contributed by atoms with Gasteiger partial charge in [-0.25, -0.2) is 0 Å². The van der Waals surface area contributed by atoms with Crippen molar-refractivity contribution in [1.29, 1.82) is 0 Å². The van der Waals surface area contributed by atoms with Gasteiger partial charge in [-0.05, 0) is 92.0 Å². The Balaban J connectivity index is 1.77. The Hall–Kier alpha value is -5.10. The Kier molecular flexibility index (Phi) is 23.1. The fourth-order valence-corrected chi connectivity index (χ4v) is 7.76. The molecule has 0 fully saturated rings. The predicted molar refractivity (Wildman–Crippen MR) is 273 cm³/mol. The van der Waals surface area contributed by atoms with Gasteiger partial charge in [-0.3, -0.25) is 0 Å². The number of benzene rings is 4. The predicted octanol–water partition coefficient (Wildman–Crippen LogP) is 16.3. The van der Waals surface area contributed by atoms with E-state index in [4.69, 9.17) is 28.4 Å². The van der Waals surface area contributed by atoms with Gasteiger partial charge in [0.05, 0.1) is 41.2 Å². The fraction of sp³-hybridized carbons (Fsp3) is 0.483. The number of ether oxygens (including phenoxy) is 6. The molecule has 0 saturated heterocycles. The summed E-state index contributed by atoms with van der Waals surface area (Å²) in [6.45, 7) is 17.6. The molecule has 0 amide bonds. The van der Waals surface area contributed by atoms with Crippen LogP contribution >= 0.6 is 0 Å². The minimum absolute atomic E-state index is 0.461. The van der Waals surface area contributed by atoms with Crippen molar-refractivity contribution in [1.82, 2.24) is 0 Å². The molecule has 0 bridgehead atoms. The van der Waals surface area contributed by atoms with Gasteiger partial charge in [-0.1, -0.05) is 166 Å². The van der Waals surface area contributed by atoms with E-state index in [1.165, 1.54) is 50.5 Å². The number of hydrogen-bond donors (Lipinski definition) is 0. The van der Waals surface area contributed by atoms with E-state index in [0.717, 1.165) is 100.0 Å². The second kappa shape index (κ2) is 28.6. The van der Waals surface area contributed by atoms with Crippen LogP contribution in [-0.4, -0.2) is 41.2 Å². The lowest BCUT2D eigenvalue weighted by Gasteiger charge is -2.19. The van der Waals surface area contributed by atoms with Crippen LogP contribution in [0.25, 0.3) is 36.5 Å². The Bertz CT molecular complexity index is 2040. The first-order chi connectivity index (χ1) is 31.2. The normalized spacial score (nSPS) is 13.1. The molecule has 4 rings (SSSR count). The lowest BCUT2D eigenvalue weighted by Crippen LogP contribution is -2.12. The van der Waals surface area contributed by atoms with Crippen LogP contribution in [0, 0.1) is 24.7 Å². The monoisotopic (exact) mass is 873 g/mol. The largest absolute Gasteiger partial charge is 0.497 e. The smallest absolute Gasteiger partial charge is 0.127 e. The maximum absolute atomic E-state index is 6.78. The van der Waals surface area contributed by atoms with E-state index in [-0.39, 0.29) is 0 Å². The van der Waals surface area contributed by atoms with E-state index in [1.54, 1.807) is 21.3 Å². The lowest BCUT2D eigenvalue weighted by atomic mass is 10.00. The zero-order chi connectivity index (χ0) is 46.1. The van der Waals surface area contributed by atoms with Crippen molar-refractivity contribution < 1.29 is 28.4 Å². The summed E-state index contributed by atoms with van der Waals surface area (Å²) in [6, 6.07) is 22.9. The Morgan fingerprint density at radius 2 is 0.781 bits per heavy atom. The van der Waals surface area contributed by atoms with Gasteiger partial charge in [0.1, 0.15) is 34.5 Å². The summed E-state index contributed by atoms with van der Waals surface area (Å²) in [5, 5.41) is 0. The third kappa shape index (κ3) is 16.5. The van der Waals surface area contributed by atoms with Crippen molar-refractivity contribution in [3.05, 3.63) is 106 Å². The fourth-order valence-electron chi connectivity index (χ4n) is 7.76. The second-order valence-electron chi connectivity index (χ2n) is 17.3. The molecular weight excluding hydrogens is 793 g/mol. The zero-order valence-electron chi connectivity index (χ0n) is 41.1. The highest BCUT2D eigenvalue weighted by atomic mass is 16.5. The molecule has 0 aromatic heterocycles. The van der Waals surface area contributed by atoms with Crippen molar-refractivity contribution in [3.63, 3.8) is 0 Å². The number of hydrogen-bond acceptors (Lipinski definition) is 6. The summed E-state index contributed by atoms with van der Waals surface area (Å²) in [7, 11) is 5.15. The van der Waals surface area contributed by atoms with Crippen LogP contribution in [0.3, 0.4) is 0 Å². The molecule has 0 radical (unpaired) electrons. The van der Waals surface area contributed by atoms with E-state index >= 15 is 0 Å². The van der Waals surface area contributed by atoms with Crippen LogP contribution in [-0.2, 0) is 0 Å². The highest BCUT2D eigenvalue weighted by molar-refractivity contribution is 5.82. The molecule has 348 valence electrons. The standard InChI is InChI=1S/C58H80O6/c1-11-17-20-44(14-4)40-62-54-34-33-53(59-8)35-48(54)29-30-49-39-58(64-42-46(16-6)22-19-13-3)52(37-56(49)61-10)32-31-50-38-57(63-41-45(15-5)21-18-12-2)51(36-55(50)60-9)28-27-47-25-23-43(7)24-26-47/h23-39,44-46H,11-22,40-42H2,1-10H3/b28-27+,30-29+,32-31+. The Labute approximate surface area is 388 Å². The highest BCUT2D eigenvalue weighted by Gasteiger charge is 2.16. The van der Waals surface area contributed by atoms with Crippen molar-refractivity contribution in [2.24, 2.45) is 17.8 Å². The molecule has 3 atom stereocenters. The van der Waals surface area contributed by atoms with Gasteiger partial charge in [0, 0.05) is 27.8 Å². The Morgan fingerprint density at radius 1 is 0.406 bits per heavy atom. The summed E-state index contributed by atoms with van der Waals surface area (Å²) >= 11 is 0. The SMILES string of the molecule is CCCCC(CC)COc1ccc(OC)cc1/C=C/c1cc(OCC(CC)CCCC)c(/C=C/c2cc(OCC(CC)CCCC)c(/C=C/c3ccc(C)cc3)cc2OC)cc1OC. The van der Waals surface area contributed by atoms with Gasteiger partial charge in [0.25, 0.3) is 0 Å². The topological polar surface area (TPSA) is 55.4 Å². The second-order valence-corrected chi connectivity index (χ2v) is 17.3. The van der Waals surface area contributed by atoms with Crippen LogP contribution in [0.1, 0.15) is 158 Å². The van der Waals surface area contributed by atoms with Crippen LogP contribution in [0.4, 0.5) is 0 Å². The minimum Gasteiger partial charge on any atom is -0.497 e. The zero-order valence-corrected chi connectivity index (χ0v) is 41.1. The van der Waals surface area contributed by atoms with E-state index in [9.17, 15) is 0 Å². The van der Waals surface area contributed by atoms with Gasteiger partial charge < -0.3 is 28.4 Å². The molecule has 64 heavy (non-hydrogen) atoms. The maximum atomic E-state index is 6.78. The molecule has 0 aliphatic carbocycles. The number of aryl methyl sites for hydroxylation is 1. The quantitative estimate of drug-likeness (QED) is 0.0487. The first-order valence-corrected chi connectivity index (χ1v) is 24.3. The summed E-state index contributed by atoms with van der Waals surface area (Å²) in [6.07, 6.45) is 26.5. The summed E-state index contributed by atoms with van der Waals surface area (Å²) in [4.78, 5) is 0.